The molecular weight excluding hydrogens is 639 g/mol. The van der Waals surface area contributed by atoms with Crippen LogP contribution in [-0.4, -0.2) is 6.04 Å². The van der Waals surface area contributed by atoms with E-state index in [0.717, 1.165) is 49.5 Å². The van der Waals surface area contributed by atoms with Crippen molar-refractivity contribution in [3.05, 3.63) is 161 Å². The first-order valence-electron chi connectivity index (χ1n) is 18.5. The minimum atomic E-state index is 0.263. The molecule has 2 heterocycles. The van der Waals surface area contributed by atoms with Gasteiger partial charge in [-0.15, -0.1) is 11.3 Å². The van der Waals surface area contributed by atoms with Gasteiger partial charge in [-0.3, -0.25) is 0 Å². The van der Waals surface area contributed by atoms with E-state index in [2.05, 4.69) is 145 Å². The van der Waals surface area contributed by atoms with E-state index in [4.69, 9.17) is 4.42 Å². The maximum atomic E-state index is 6.18. The first-order chi connectivity index (χ1) is 25.2. The van der Waals surface area contributed by atoms with E-state index >= 15 is 0 Å². The Balaban J connectivity index is 0.941. The smallest absolute Gasteiger partial charge is 0.135 e. The SMILES string of the molecule is c1ccc2sc3ccc(C4=CCC(N(C5=CCC(C6C=c7c(oc8ccccc78)=CC6)CC5)c5ccc(C6=CCCC=C6)cc5)C=C4)cc3c2c#1. The van der Waals surface area contributed by atoms with E-state index < -0.39 is 0 Å². The fourth-order valence-corrected chi connectivity index (χ4v) is 9.75. The van der Waals surface area contributed by atoms with Crippen molar-refractivity contribution in [1.82, 2.24) is 0 Å². The summed E-state index contributed by atoms with van der Waals surface area (Å²) in [5.41, 5.74) is 9.98. The molecule has 51 heavy (non-hydrogen) atoms. The molecular formula is C48H39NOS. The predicted octanol–water partition coefficient (Wildman–Crippen LogP) is 11.3. The second-order valence-corrected chi connectivity index (χ2v) is 15.5. The van der Waals surface area contributed by atoms with Gasteiger partial charge in [0.25, 0.3) is 0 Å². The Hall–Kier alpha value is -5.30. The molecule has 0 saturated carbocycles. The molecule has 248 valence electrons. The van der Waals surface area contributed by atoms with Gasteiger partial charge >= 0.3 is 0 Å². The van der Waals surface area contributed by atoms with Gasteiger partial charge in [0.15, 0.2) is 0 Å². The van der Waals surface area contributed by atoms with Crippen molar-refractivity contribution in [2.45, 2.75) is 51.0 Å². The molecule has 10 rings (SSSR count). The number of furan rings is 1. The summed E-state index contributed by atoms with van der Waals surface area (Å²) in [7, 11) is 0. The van der Waals surface area contributed by atoms with E-state index in [-0.39, 0.29) is 6.04 Å². The van der Waals surface area contributed by atoms with E-state index in [9.17, 15) is 0 Å². The Labute approximate surface area is 303 Å². The summed E-state index contributed by atoms with van der Waals surface area (Å²) < 4.78 is 8.76. The molecule has 0 spiro atoms. The second-order valence-electron chi connectivity index (χ2n) is 14.4. The number of hydrogen-bond acceptors (Lipinski definition) is 3. The molecule has 0 aliphatic heterocycles. The van der Waals surface area contributed by atoms with Gasteiger partial charge in [0.2, 0.25) is 0 Å². The zero-order chi connectivity index (χ0) is 33.7. The van der Waals surface area contributed by atoms with Gasteiger partial charge in [0, 0.05) is 36.8 Å². The normalized spacial score (nSPS) is 21.3. The fraction of sp³-hybridized carbons (Fsp3) is 0.208. The van der Waals surface area contributed by atoms with Gasteiger partial charge in [-0.1, -0.05) is 97.1 Å². The monoisotopic (exact) mass is 677 g/mol. The van der Waals surface area contributed by atoms with Crippen LogP contribution in [0.4, 0.5) is 5.69 Å². The number of rotatable bonds is 6. The quantitative estimate of drug-likeness (QED) is 0.174. The fourth-order valence-electron chi connectivity index (χ4n) is 8.71. The number of fused-ring (bicyclic) bond motifs is 6. The molecule has 0 radical (unpaired) electrons. The summed E-state index contributed by atoms with van der Waals surface area (Å²) in [5, 5.41) is 4.99. The largest absolute Gasteiger partial charge is 0.456 e. The summed E-state index contributed by atoms with van der Waals surface area (Å²) in [6.45, 7) is 0. The van der Waals surface area contributed by atoms with Gasteiger partial charge in [-0.2, -0.15) is 0 Å². The minimum Gasteiger partial charge on any atom is -0.456 e. The van der Waals surface area contributed by atoms with Crippen molar-refractivity contribution in [3.8, 4) is 0 Å². The Kier molecular flexibility index (Phi) is 7.65. The van der Waals surface area contributed by atoms with Crippen LogP contribution in [0.1, 0.15) is 56.1 Å². The van der Waals surface area contributed by atoms with Crippen LogP contribution in [0.2, 0.25) is 0 Å². The number of anilines is 1. The van der Waals surface area contributed by atoms with E-state index in [0.29, 0.717) is 11.8 Å². The molecule has 2 aromatic heterocycles. The maximum Gasteiger partial charge on any atom is 0.135 e. The third-order valence-corrected chi connectivity index (χ3v) is 12.5. The average Bonchev–Trinajstić information content (AvgIpc) is 3.77. The van der Waals surface area contributed by atoms with Crippen LogP contribution in [0.15, 0.2) is 132 Å². The summed E-state index contributed by atoms with van der Waals surface area (Å²) in [6.07, 6.45) is 29.2. The second kappa shape index (κ2) is 12.8. The lowest BCUT2D eigenvalue weighted by atomic mass is 9.78. The summed E-state index contributed by atoms with van der Waals surface area (Å²) in [5.74, 6) is 1.17. The van der Waals surface area contributed by atoms with Crippen LogP contribution < -0.4 is 15.5 Å². The molecule has 3 atom stereocenters. The average molecular weight is 678 g/mol. The van der Waals surface area contributed by atoms with Gasteiger partial charge in [0.05, 0.1) is 11.4 Å². The number of hydrogen-bond donors (Lipinski definition) is 0. The lowest BCUT2D eigenvalue weighted by Gasteiger charge is -2.38. The Morgan fingerprint density at radius 3 is 2.51 bits per heavy atom. The molecule has 0 amide bonds. The first kappa shape index (κ1) is 30.5. The molecule has 0 saturated heterocycles. The summed E-state index contributed by atoms with van der Waals surface area (Å²) in [6, 6.07) is 35.6. The molecule has 4 aromatic carbocycles. The van der Waals surface area contributed by atoms with Gasteiger partial charge < -0.3 is 9.32 Å². The van der Waals surface area contributed by atoms with Gasteiger partial charge in [-0.25, -0.2) is 0 Å². The molecule has 3 heteroatoms. The van der Waals surface area contributed by atoms with E-state index in [1.165, 1.54) is 70.9 Å². The highest BCUT2D eigenvalue weighted by Crippen LogP contribution is 2.40. The van der Waals surface area contributed by atoms with Crippen LogP contribution in [0.5, 0.6) is 0 Å². The molecule has 6 aromatic rings. The zero-order valence-corrected chi connectivity index (χ0v) is 29.5. The van der Waals surface area contributed by atoms with Crippen molar-refractivity contribution in [1.29, 1.82) is 0 Å². The summed E-state index contributed by atoms with van der Waals surface area (Å²) >= 11 is 1.83. The van der Waals surface area contributed by atoms with E-state index in [1.54, 1.807) is 0 Å². The molecule has 0 N–H and O–H groups in total. The Bertz CT molecular complexity index is 2590. The standard InChI is InChI=1S/C48H39NOS/c1-2-8-32(9-3-1)33-14-22-38(23-15-33)49(39-24-16-34(17-25-39)36-20-28-46-43(30-36)41-10-4-6-12-45(41)50-46)40-26-18-35(19-27-40)37-21-29-48-44(31-37)42-11-5-7-13-47(42)51-48/h2,4,6-10,12-15,18-19,21-24,26,28-31,34,36,40H,1,3,16-17,20,25,27H2. The van der Waals surface area contributed by atoms with Crippen LogP contribution >= 0.6 is 11.3 Å². The lowest BCUT2D eigenvalue weighted by molar-refractivity contribution is 0.374. The maximum absolute atomic E-state index is 6.18. The number of benzene rings is 3. The van der Waals surface area contributed by atoms with Crippen LogP contribution in [-0.2, 0) is 0 Å². The van der Waals surface area contributed by atoms with Gasteiger partial charge in [-0.05, 0) is 128 Å². The highest BCUT2D eigenvalue weighted by Gasteiger charge is 2.29. The van der Waals surface area contributed by atoms with Gasteiger partial charge in [0.1, 0.15) is 11.0 Å². The first-order valence-corrected chi connectivity index (χ1v) is 19.4. The highest BCUT2D eigenvalue weighted by atomic mass is 32.1. The molecule has 2 nitrogen and oxygen atoms in total. The highest BCUT2D eigenvalue weighted by molar-refractivity contribution is 7.25. The number of thiophene rings is 1. The third kappa shape index (κ3) is 5.59. The molecule has 4 aliphatic carbocycles. The van der Waals surface area contributed by atoms with Crippen molar-refractivity contribution >= 4 is 71.5 Å². The predicted molar refractivity (Wildman–Crippen MR) is 216 cm³/mol. The summed E-state index contributed by atoms with van der Waals surface area (Å²) in [4.78, 5) is 2.63. The molecule has 4 aliphatic rings. The van der Waals surface area contributed by atoms with Crippen LogP contribution in [0.25, 0.3) is 54.4 Å². The van der Waals surface area contributed by atoms with Crippen molar-refractivity contribution in [3.63, 3.8) is 0 Å². The number of allylic oxidation sites excluding steroid dienone is 8. The minimum absolute atomic E-state index is 0.263. The number of nitrogens with zero attached hydrogens (tertiary/aromatic N) is 1. The third-order valence-electron chi connectivity index (χ3n) is 11.4. The Morgan fingerprint density at radius 1 is 0.765 bits per heavy atom. The zero-order valence-electron chi connectivity index (χ0n) is 28.6. The molecule has 0 bridgehead atoms. The number of para-hydroxylation sites is 1. The lowest BCUT2D eigenvalue weighted by Crippen LogP contribution is -2.36. The Morgan fingerprint density at radius 2 is 1.67 bits per heavy atom. The topological polar surface area (TPSA) is 16.4 Å². The molecule has 3 unspecified atom stereocenters. The van der Waals surface area contributed by atoms with Crippen molar-refractivity contribution in [2.24, 2.45) is 11.8 Å². The molecule has 0 fully saturated rings. The van der Waals surface area contributed by atoms with Crippen LogP contribution in [0.3, 0.4) is 0 Å². The van der Waals surface area contributed by atoms with Crippen molar-refractivity contribution < 1.29 is 4.42 Å². The van der Waals surface area contributed by atoms with Crippen molar-refractivity contribution in [2.75, 3.05) is 4.90 Å². The van der Waals surface area contributed by atoms with E-state index in [1.807, 2.05) is 17.4 Å². The van der Waals surface area contributed by atoms with Crippen LogP contribution in [0, 0.1) is 24.0 Å².